The fourth-order valence-corrected chi connectivity index (χ4v) is 1.58. The van der Waals surface area contributed by atoms with Gasteiger partial charge in [0, 0.05) is 0 Å². The summed E-state index contributed by atoms with van der Waals surface area (Å²) >= 11 is 0. The van der Waals surface area contributed by atoms with Gasteiger partial charge in [0.2, 0.25) is 0 Å². The van der Waals surface area contributed by atoms with Crippen molar-refractivity contribution in [3.05, 3.63) is 29.8 Å². The molecule has 3 N–H and O–H groups in total. The molecule has 0 bridgehead atoms. The van der Waals surface area contributed by atoms with Crippen LogP contribution in [0, 0.1) is 0 Å². The van der Waals surface area contributed by atoms with Crippen LogP contribution in [-0.4, -0.2) is 17.8 Å². The normalized spacial score (nSPS) is 11.5. The van der Waals surface area contributed by atoms with Gasteiger partial charge in [-0.15, -0.1) is 0 Å². The summed E-state index contributed by atoms with van der Waals surface area (Å²) < 4.78 is 10.9. The van der Waals surface area contributed by atoms with Crippen molar-refractivity contribution in [3.63, 3.8) is 0 Å². The van der Waals surface area contributed by atoms with E-state index in [4.69, 9.17) is 5.14 Å². The maximum Gasteiger partial charge on any atom is 0.122 e. The Morgan fingerprint density at radius 1 is 1.40 bits per heavy atom. The quantitative estimate of drug-likeness (QED) is 0.819. The molecular weight excluding hydrogens is 208 g/mol. The maximum absolute atomic E-state index is 10.9. The Kier molecular flexibility index (Phi) is 8.18. The highest BCUT2D eigenvalue weighted by Gasteiger charge is 1.98. The highest BCUT2D eigenvalue weighted by molar-refractivity contribution is 7.82. The van der Waals surface area contributed by atoms with Crippen LogP contribution in [-0.2, 0) is 17.4 Å². The van der Waals surface area contributed by atoms with Crippen LogP contribution in [0.3, 0.4) is 0 Å². The highest BCUT2D eigenvalue weighted by Crippen LogP contribution is 2.07. The Hall–Kier alpha value is -0.710. The van der Waals surface area contributed by atoms with Gasteiger partial charge in [0.1, 0.15) is 11.0 Å². The number of nitrogens with one attached hydrogen (secondary N) is 1. The molecule has 0 radical (unpaired) electrons. The third-order valence-electron chi connectivity index (χ3n) is 1.79. The molecule has 1 aromatic rings. The first-order valence-corrected chi connectivity index (χ1v) is 6.35. The molecule has 0 aromatic heterocycles. The summed E-state index contributed by atoms with van der Waals surface area (Å²) in [5.41, 5.74) is 1.16. The van der Waals surface area contributed by atoms with E-state index in [9.17, 15) is 4.21 Å². The van der Waals surface area contributed by atoms with Crippen LogP contribution in [0.1, 0.15) is 19.4 Å². The fourth-order valence-electron chi connectivity index (χ4n) is 1.10. The average Bonchev–Trinajstić information content (AvgIpc) is 2.29. The molecule has 0 amide bonds. The smallest absolute Gasteiger partial charge is 0.122 e. The van der Waals surface area contributed by atoms with Gasteiger partial charge in [0.15, 0.2) is 0 Å². The van der Waals surface area contributed by atoms with Gasteiger partial charge in [-0.25, -0.2) is 9.35 Å². The minimum atomic E-state index is -1.37. The molecular formula is C11H20N2OS. The predicted molar refractivity (Wildman–Crippen MR) is 66.0 cm³/mol. The zero-order valence-electron chi connectivity index (χ0n) is 9.62. The van der Waals surface area contributed by atoms with E-state index in [0.717, 1.165) is 18.5 Å². The van der Waals surface area contributed by atoms with Crippen molar-refractivity contribution < 1.29 is 4.21 Å². The highest BCUT2D eigenvalue weighted by atomic mass is 32.2. The predicted octanol–water partition coefficient (Wildman–Crippen LogP) is 1.46. The molecule has 4 heteroatoms. The SMILES string of the molecule is CC.CNCCc1cccc(S(N)=O)c1. The molecule has 0 saturated carbocycles. The molecule has 1 rings (SSSR count). The van der Waals surface area contributed by atoms with Crippen LogP contribution >= 0.6 is 0 Å². The van der Waals surface area contributed by atoms with E-state index >= 15 is 0 Å². The molecule has 1 unspecified atom stereocenters. The Balaban J connectivity index is 0.000000921. The second kappa shape index (κ2) is 8.59. The number of likely N-dealkylation sites (N-methyl/N-ethyl adjacent to an activating group) is 1. The summed E-state index contributed by atoms with van der Waals surface area (Å²) in [7, 11) is 0.543. The molecule has 0 aliphatic carbocycles. The van der Waals surface area contributed by atoms with Gasteiger partial charge in [-0.3, -0.25) is 0 Å². The topological polar surface area (TPSA) is 55.1 Å². The van der Waals surface area contributed by atoms with Crippen molar-refractivity contribution in [2.24, 2.45) is 5.14 Å². The molecule has 15 heavy (non-hydrogen) atoms. The molecule has 0 aliphatic heterocycles. The van der Waals surface area contributed by atoms with Gasteiger partial charge in [-0.1, -0.05) is 26.0 Å². The van der Waals surface area contributed by atoms with Crippen LogP contribution in [0.25, 0.3) is 0 Å². The molecule has 86 valence electrons. The minimum Gasteiger partial charge on any atom is -0.319 e. The molecule has 0 spiro atoms. The maximum atomic E-state index is 10.9. The Labute approximate surface area is 94.7 Å². The van der Waals surface area contributed by atoms with E-state index in [2.05, 4.69) is 5.32 Å². The van der Waals surface area contributed by atoms with Crippen LogP contribution in [0.15, 0.2) is 29.2 Å². The lowest BCUT2D eigenvalue weighted by atomic mass is 10.1. The van der Waals surface area contributed by atoms with Gasteiger partial charge < -0.3 is 5.32 Å². The lowest BCUT2D eigenvalue weighted by Gasteiger charge is -2.02. The molecule has 0 fully saturated rings. The van der Waals surface area contributed by atoms with E-state index in [1.165, 1.54) is 0 Å². The molecule has 0 saturated heterocycles. The van der Waals surface area contributed by atoms with E-state index in [1.54, 1.807) is 6.07 Å². The van der Waals surface area contributed by atoms with Crippen molar-refractivity contribution in [2.45, 2.75) is 25.2 Å². The van der Waals surface area contributed by atoms with E-state index < -0.39 is 11.0 Å². The lowest BCUT2D eigenvalue weighted by Crippen LogP contribution is -2.10. The first kappa shape index (κ1) is 14.3. The van der Waals surface area contributed by atoms with Crippen molar-refractivity contribution >= 4 is 11.0 Å². The van der Waals surface area contributed by atoms with E-state index in [-0.39, 0.29) is 0 Å². The number of rotatable bonds is 4. The average molecular weight is 228 g/mol. The summed E-state index contributed by atoms with van der Waals surface area (Å²) in [5.74, 6) is 0. The monoisotopic (exact) mass is 228 g/mol. The van der Waals surface area contributed by atoms with E-state index in [1.807, 2.05) is 39.1 Å². The number of nitrogens with two attached hydrogens (primary N) is 1. The third kappa shape index (κ3) is 5.67. The van der Waals surface area contributed by atoms with Crippen LogP contribution in [0.4, 0.5) is 0 Å². The van der Waals surface area contributed by atoms with Crippen molar-refractivity contribution in [1.82, 2.24) is 5.32 Å². The molecule has 3 nitrogen and oxygen atoms in total. The second-order valence-corrected chi connectivity index (χ2v) is 3.86. The van der Waals surface area contributed by atoms with Crippen molar-refractivity contribution in [1.29, 1.82) is 0 Å². The Morgan fingerprint density at radius 2 is 2.07 bits per heavy atom. The van der Waals surface area contributed by atoms with Gasteiger partial charge in [0.25, 0.3) is 0 Å². The summed E-state index contributed by atoms with van der Waals surface area (Å²) in [6.45, 7) is 4.92. The summed E-state index contributed by atoms with van der Waals surface area (Å²) in [5, 5.41) is 8.33. The van der Waals surface area contributed by atoms with Crippen LogP contribution < -0.4 is 10.5 Å². The van der Waals surface area contributed by atoms with Gasteiger partial charge in [-0.05, 0) is 37.7 Å². The Bertz CT molecular complexity index is 302. The van der Waals surface area contributed by atoms with E-state index in [0.29, 0.717) is 4.90 Å². The van der Waals surface area contributed by atoms with Gasteiger partial charge in [0.05, 0.1) is 4.90 Å². The summed E-state index contributed by atoms with van der Waals surface area (Å²) in [6.07, 6.45) is 0.932. The van der Waals surface area contributed by atoms with Crippen LogP contribution in [0.5, 0.6) is 0 Å². The fraction of sp³-hybridized carbons (Fsp3) is 0.455. The third-order valence-corrected chi connectivity index (χ3v) is 2.51. The number of benzene rings is 1. The molecule has 1 aromatic carbocycles. The second-order valence-electron chi connectivity index (χ2n) is 2.80. The van der Waals surface area contributed by atoms with Gasteiger partial charge >= 0.3 is 0 Å². The summed E-state index contributed by atoms with van der Waals surface area (Å²) in [4.78, 5) is 0.689. The van der Waals surface area contributed by atoms with Gasteiger partial charge in [-0.2, -0.15) is 0 Å². The Morgan fingerprint density at radius 3 is 2.60 bits per heavy atom. The number of hydrogen-bond donors (Lipinski definition) is 2. The standard InChI is InChI=1S/C9H14N2OS.C2H6/c1-11-6-5-8-3-2-4-9(7-8)13(10)12;1-2/h2-4,7,11H,5-6,10H2,1H3;1-2H3. The number of hydrogen-bond acceptors (Lipinski definition) is 2. The first-order chi connectivity index (χ1) is 7.24. The van der Waals surface area contributed by atoms with Crippen LogP contribution in [0.2, 0.25) is 0 Å². The zero-order chi connectivity index (χ0) is 11.7. The largest absolute Gasteiger partial charge is 0.319 e. The molecule has 0 aliphatic rings. The lowest BCUT2D eigenvalue weighted by molar-refractivity contribution is 0.684. The zero-order valence-corrected chi connectivity index (χ0v) is 10.4. The molecule has 1 atom stereocenters. The molecule has 0 heterocycles. The minimum absolute atomic E-state index is 0.689. The van der Waals surface area contributed by atoms with Crippen molar-refractivity contribution in [3.8, 4) is 0 Å². The first-order valence-electron chi connectivity index (χ1n) is 5.13. The van der Waals surface area contributed by atoms with Crippen molar-refractivity contribution in [2.75, 3.05) is 13.6 Å². The summed E-state index contributed by atoms with van der Waals surface area (Å²) in [6, 6.07) is 7.55.